The number of amides is 1. The maximum Gasteiger partial charge on any atom is 0.270 e. The van der Waals surface area contributed by atoms with E-state index in [0.717, 1.165) is 0 Å². The number of nitrogens with one attached hydrogen (secondary N) is 1. The molecule has 25 heavy (non-hydrogen) atoms. The molecule has 128 valence electrons. The smallest absolute Gasteiger partial charge is 0.270 e. The zero-order valence-corrected chi connectivity index (χ0v) is 14.0. The van der Waals surface area contributed by atoms with Crippen LogP contribution < -0.4 is 5.32 Å². The first-order valence-corrected chi connectivity index (χ1v) is 7.85. The van der Waals surface area contributed by atoms with Crippen LogP contribution in [0.2, 0.25) is 0 Å². The van der Waals surface area contributed by atoms with Gasteiger partial charge in [-0.25, -0.2) is 0 Å². The SMILES string of the molecule is CCN(CC)C(=O)c1cccc(Nc2ccc([N+](=O)[O-])cc2C#N)c1. The minimum atomic E-state index is -0.548. The third-order valence-electron chi connectivity index (χ3n) is 3.77. The van der Waals surface area contributed by atoms with Crippen LogP contribution in [0.3, 0.4) is 0 Å². The Balaban J connectivity index is 2.30. The van der Waals surface area contributed by atoms with Gasteiger partial charge in [0.25, 0.3) is 11.6 Å². The number of non-ortho nitro benzene ring substituents is 1. The fraction of sp³-hybridized carbons (Fsp3) is 0.222. The Bertz CT molecular complexity index is 838. The largest absolute Gasteiger partial charge is 0.354 e. The van der Waals surface area contributed by atoms with E-state index in [9.17, 15) is 20.2 Å². The molecule has 2 rings (SSSR count). The van der Waals surface area contributed by atoms with E-state index in [2.05, 4.69) is 5.32 Å². The Labute approximate surface area is 145 Å². The summed E-state index contributed by atoms with van der Waals surface area (Å²) in [5.74, 6) is -0.0714. The van der Waals surface area contributed by atoms with Crippen LogP contribution in [-0.2, 0) is 0 Å². The minimum absolute atomic E-state index is 0.0714. The quantitative estimate of drug-likeness (QED) is 0.639. The number of nitrogens with zero attached hydrogens (tertiary/aromatic N) is 3. The highest BCUT2D eigenvalue weighted by Crippen LogP contribution is 2.25. The van der Waals surface area contributed by atoms with Crippen LogP contribution in [0.25, 0.3) is 0 Å². The number of hydrogen-bond donors (Lipinski definition) is 1. The molecule has 1 amide bonds. The van der Waals surface area contributed by atoms with Crippen LogP contribution in [0, 0.1) is 21.4 Å². The average molecular weight is 338 g/mol. The fourth-order valence-corrected chi connectivity index (χ4v) is 2.43. The Morgan fingerprint density at radius 3 is 2.56 bits per heavy atom. The minimum Gasteiger partial charge on any atom is -0.354 e. The van der Waals surface area contributed by atoms with Crippen molar-refractivity contribution in [1.82, 2.24) is 4.90 Å². The summed E-state index contributed by atoms with van der Waals surface area (Å²) in [6.07, 6.45) is 0. The second-order valence-electron chi connectivity index (χ2n) is 5.28. The summed E-state index contributed by atoms with van der Waals surface area (Å²) >= 11 is 0. The predicted octanol–water partition coefficient (Wildman–Crippen LogP) is 3.69. The molecule has 0 saturated heterocycles. The predicted molar refractivity (Wildman–Crippen MR) is 94.8 cm³/mol. The lowest BCUT2D eigenvalue weighted by Crippen LogP contribution is -2.30. The third-order valence-corrected chi connectivity index (χ3v) is 3.77. The molecule has 2 aromatic carbocycles. The van der Waals surface area contributed by atoms with Crippen molar-refractivity contribution < 1.29 is 9.72 Å². The average Bonchev–Trinajstić information content (AvgIpc) is 2.63. The maximum atomic E-state index is 12.4. The molecule has 2 aromatic rings. The van der Waals surface area contributed by atoms with Crippen molar-refractivity contribution in [1.29, 1.82) is 5.26 Å². The van der Waals surface area contributed by atoms with Gasteiger partial charge in [-0.1, -0.05) is 6.07 Å². The fourth-order valence-electron chi connectivity index (χ4n) is 2.43. The van der Waals surface area contributed by atoms with E-state index in [0.29, 0.717) is 30.0 Å². The Morgan fingerprint density at radius 1 is 1.24 bits per heavy atom. The van der Waals surface area contributed by atoms with Crippen LogP contribution in [0.1, 0.15) is 29.8 Å². The molecule has 0 bridgehead atoms. The molecule has 0 aliphatic rings. The van der Waals surface area contributed by atoms with Gasteiger partial charge in [0.2, 0.25) is 0 Å². The lowest BCUT2D eigenvalue weighted by Gasteiger charge is -2.19. The monoisotopic (exact) mass is 338 g/mol. The number of nitro groups is 1. The number of benzene rings is 2. The Hall–Kier alpha value is -3.40. The lowest BCUT2D eigenvalue weighted by atomic mass is 10.1. The molecule has 0 saturated carbocycles. The van der Waals surface area contributed by atoms with Gasteiger partial charge in [-0.3, -0.25) is 14.9 Å². The van der Waals surface area contributed by atoms with Gasteiger partial charge in [0.05, 0.1) is 16.2 Å². The van der Waals surface area contributed by atoms with E-state index < -0.39 is 4.92 Å². The molecule has 0 atom stereocenters. The van der Waals surface area contributed by atoms with Gasteiger partial charge in [-0.2, -0.15) is 5.26 Å². The maximum absolute atomic E-state index is 12.4. The van der Waals surface area contributed by atoms with E-state index in [-0.39, 0.29) is 17.2 Å². The first kappa shape index (κ1) is 17.9. The van der Waals surface area contributed by atoms with E-state index >= 15 is 0 Å². The topological polar surface area (TPSA) is 99.3 Å². The molecule has 0 aliphatic carbocycles. The van der Waals surface area contributed by atoms with Crippen molar-refractivity contribution in [3.63, 3.8) is 0 Å². The molecule has 7 nitrogen and oxygen atoms in total. The summed E-state index contributed by atoms with van der Waals surface area (Å²) in [6.45, 7) is 5.07. The molecule has 7 heteroatoms. The summed E-state index contributed by atoms with van der Waals surface area (Å²) < 4.78 is 0. The van der Waals surface area contributed by atoms with E-state index in [1.807, 2.05) is 19.9 Å². The van der Waals surface area contributed by atoms with Gasteiger partial charge in [-0.05, 0) is 38.1 Å². The second-order valence-corrected chi connectivity index (χ2v) is 5.28. The third kappa shape index (κ3) is 4.12. The molecule has 0 unspecified atom stereocenters. The van der Waals surface area contributed by atoms with Crippen molar-refractivity contribution in [2.45, 2.75) is 13.8 Å². The number of rotatable bonds is 6. The molecule has 0 radical (unpaired) electrons. The van der Waals surface area contributed by atoms with Crippen molar-refractivity contribution in [3.8, 4) is 6.07 Å². The molecule has 0 spiro atoms. The first-order valence-electron chi connectivity index (χ1n) is 7.85. The normalized spacial score (nSPS) is 9.96. The molecular formula is C18H18N4O3. The van der Waals surface area contributed by atoms with Gasteiger partial charge in [0.15, 0.2) is 0 Å². The first-order chi connectivity index (χ1) is 12.0. The number of nitriles is 1. The summed E-state index contributed by atoms with van der Waals surface area (Å²) in [6, 6.07) is 12.9. The highest BCUT2D eigenvalue weighted by Gasteiger charge is 2.14. The lowest BCUT2D eigenvalue weighted by molar-refractivity contribution is -0.384. The number of carbonyl (C=O) groups is 1. The van der Waals surface area contributed by atoms with Crippen molar-refractivity contribution in [3.05, 3.63) is 63.7 Å². The summed E-state index contributed by atoms with van der Waals surface area (Å²) in [5, 5.41) is 23.1. The van der Waals surface area contributed by atoms with Gasteiger partial charge < -0.3 is 10.2 Å². The van der Waals surface area contributed by atoms with Crippen molar-refractivity contribution in [2.75, 3.05) is 18.4 Å². The molecular weight excluding hydrogens is 320 g/mol. The van der Waals surface area contributed by atoms with Crippen molar-refractivity contribution in [2.24, 2.45) is 0 Å². The van der Waals surface area contributed by atoms with Gasteiger partial charge >= 0.3 is 0 Å². The van der Waals surface area contributed by atoms with Gasteiger partial charge in [0.1, 0.15) is 6.07 Å². The number of anilines is 2. The van der Waals surface area contributed by atoms with Crippen LogP contribution in [0.15, 0.2) is 42.5 Å². The highest BCUT2D eigenvalue weighted by molar-refractivity contribution is 5.95. The highest BCUT2D eigenvalue weighted by atomic mass is 16.6. The summed E-state index contributed by atoms with van der Waals surface area (Å²) in [4.78, 5) is 24.4. The summed E-state index contributed by atoms with van der Waals surface area (Å²) in [7, 11) is 0. The van der Waals surface area contributed by atoms with Crippen LogP contribution in [0.4, 0.5) is 17.1 Å². The molecule has 0 fully saturated rings. The van der Waals surface area contributed by atoms with Gasteiger partial charge in [0, 0.05) is 36.5 Å². The number of hydrogen-bond acceptors (Lipinski definition) is 5. The second kappa shape index (κ2) is 7.93. The van der Waals surface area contributed by atoms with Crippen LogP contribution in [0.5, 0.6) is 0 Å². The van der Waals surface area contributed by atoms with Crippen LogP contribution in [-0.4, -0.2) is 28.8 Å². The van der Waals surface area contributed by atoms with Crippen molar-refractivity contribution >= 4 is 23.0 Å². The van der Waals surface area contributed by atoms with E-state index in [1.165, 1.54) is 18.2 Å². The summed E-state index contributed by atoms with van der Waals surface area (Å²) in [5.41, 5.74) is 1.63. The molecule has 1 N–H and O–H groups in total. The number of carbonyl (C=O) groups excluding carboxylic acids is 1. The molecule has 0 aromatic heterocycles. The zero-order valence-electron chi connectivity index (χ0n) is 14.0. The zero-order chi connectivity index (χ0) is 18.4. The number of nitro benzene ring substituents is 1. The Kier molecular flexibility index (Phi) is 5.69. The van der Waals surface area contributed by atoms with Gasteiger partial charge in [-0.15, -0.1) is 0 Å². The van der Waals surface area contributed by atoms with E-state index in [1.54, 1.807) is 29.2 Å². The van der Waals surface area contributed by atoms with E-state index in [4.69, 9.17) is 0 Å². The Morgan fingerprint density at radius 2 is 1.96 bits per heavy atom. The van der Waals surface area contributed by atoms with Crippen LogP contribution >= 0.6 is 0 Å². The standard InChI is InChI=1S/C18H18N4O3/c1-3-21(4-2)18(23)13-6-5-7-15(10-13)20-17-9-8-16(22(24)25)11-14(17)12-19/h5-11,20H,3-4H2,1-2H3. The molecule has 0 heterocycles. The molecule has 0 aliphatic heterocycles.